The van der Waals surface area contributed by atoms with Crippen LogP contribution in [-0.4, -0.2) is 58.9 Å². The number of hydroxylamine groups is 1. The van der Waals surface area contributed by atoms with Gasteiger partial charge >= 0.3 is 0 Å². The van der Waals surface area contributed by atoms with E-state index < -0.39 is 40.0 Å². The highest BCUT2D eigenvalue weighted by Gasteiger charge is 2.42. The Morgan fingerprint density at radius 2 is 1.74 bits per heavy atom. The maximum atomic E-state index is 12.1. The fraction of sp³-hybridized carbons (Fsp3) is 0.417. The number of hydrogen-bond donors (Lipinski definition) is 4. The first-order valence-electron chi connectivity index (χ1n) is 11.0. The van der Waals surface area contributed by atoms with Gasteiger partial charge in [0.2, 0.25) is 0 Å². The Kier molecular flexibility index (Phi) is 8.56. The van der Waals surface area contributed by atoms with Crippen molar-refractivity contribution in [3.8, 4) is 11.1 Å². The molecule has 2 aromatic rings. The summed E-state index contributed by atoms with van der Waals surface area (Å²) in [5.41, 5.74) is 5.81. The van der Waals surface area contributed by atoms with E-state index in [-0.39, 0.29) is 12.8 Å². The summed E-state index contributed by atoms with van der Waals surface area (Å²) in [6.45, 7) is 3.11. The van der Waals surface area contributed by atoms with E-state index >= 15 is 0 Å². The van der Waals surface area contributed by atoms with Crippen LogP contribution in [0.3, 0.4) is 0 Å². The molecule has 0 saturated heterocycles. The SMILES string of the molecule is CCC(CC1CC(c2ccc(-c3ccc(CC(O)C(C)O)cc3)cc2)=NO1)(C(=O)NO)S(=O)[O-]. The van der Waals surface area contributed by atoms with Crippen LogP contribution in [0.15, 0.2) is 53.7 Å². The molecule has 4 N–H and O–H groups in total. The molecule has 1 amide bonds. The van der Waals surface area contributed by atoms with Crippen LogP contribution in [0.1, 0.15) is 44.2 Å². The molecule has 3 rings (SSSR count). The first-order valence-corrected chi connectivity index (χ1v) is 12.1. The molecule has 0 aromatic heterocycles. The molecule has 5 atom stereocenters. The van der Waals surface area contributed by atoms with E-state index in [2.05, 4.69) is 5.16 Å². The van der Waals surface area contributed by atoms with Gasteiger partial charge in [0.25, 0.3) is 5.91 Å². The van der Waals surface area contributed by atoms with Gasteiger partial charge in [-0.3, -0.25) is 14.2 Å². The Labute approximate surface area is 200 Å². The standard InChI is InChI=1S/C24H30N2O7S/c1-3-24(34(31)32,23(29)25-30)14-20-13-21(26-33-20)19-10-8-18(9-11-19)17-6-4-16(5-7-17)12-22(28)15(2)27/h4-11,15,20,22,27-28,30H,3,12-14H2,1-2H3,(H,25,29)(H,31,32)/p-1. The molecular formula is C24H29N2O7S-. The van der Waals surface area contributed by atoms with Gasteiger partial charge < -0.3 is 19.6 Å². The second-order valence-electron chi connectivity index (χ2n) is 8.48. The lowest BCUT2D eigenvalue weighted by Crippen LogP contribution is -2.50. The number of oxime groups is 1. The molecule has 1 heterocycles. The molecule has 1 aliphatic heterocycles. The lowest BCUT2D eigenvalue weighted by atomic mass is 9.93. The fourth-order valence-electron chi connectivity index (χ4n) is 3.94. The molecule has 1 aliphatic rings. The van der Waals surface area contributed by atoms with Crippen molar-refractivity contribution in [2.75, 3.05) is 0 Å². The minimum Gasteiger partial charge on any atom is -0.772 e. The minimum absolute atomic E-state index is 0.0177. The van der Waals surface area contributed by atoms with Crippen LogP contribution in [0.25, 0.3) is 11.1 Å². The molecule has 0 spiro atoms. The predicted octanol–water partition coefficient (Wildman–Crippen LogP) is 2.05. The van der Waals surface area contributed by atoms with Gasteiger partial charge in [-0.05, 0) is 46.7 Å². The molecule has 5 unspecified atom stereocenters. The van der Waals surface area contributed by atoms with Gasteiger partial charge in [0.15, 0.2) is 0 Å². The number of amides is 1. The molecule has 184 valence electrons. The van der Waals surface area contributed by atoms with Crippen LogP contribution in [0, 0.1) is 0 Å². The summed E-state index contributed by atoms with van der Waals surface area (Å²) in [5, 5.41) is 32.4. The zero-order valence-electron chi connectivity index (χ0n) is 19.0. The van der Waals surface area contributed by atoms with Crippen molar-refractivity contribution in [1.29, 1.82) is 0 Å². The van der Waals surface area contributed by atoms with E-state index in [4.69, 9.17) is 10.0 Å². The Hall–Kier alpha value is -2.63. The minimum atomic E-state index is -2.76. The highest BCUT2D eigenvalue weighted by Crippen LogP contribution is 2.31. The highest BCUT2D eigenvalue weighted by molar-refractivity contribution is 7.81. The normalized spacial score (nSPS) is 19.9. The summed E-state index contributed by atoms with van der Waals surface area (Å²) in [6, 6.07) is 15.4. The molecule has 0 bridgehead atoms. The van der Waals surface area contributed by atoms with Gasteiger partial charge in [-0.25, -0.2) is 5.48 Å². The predicted molar refractivity (Wildman–Crippen MR) is 126 cm³/mol. The molecule has 0 fully saturated rings. The Bertz CT molecular complexity index is 1040. The second-order valence-corrected chi connectivity index (χ2v) is 9.73. The quantitative estimate of drug-likeness (QED) is 0.226. The van der Waals surface area contributed by atoms with E-state index in [1.54, 1.807) is 13.8 Å². The van der Waals surface area contributed by atoms with Gasteiger partial charge in [-0.15, -0.1) is 0 Å². The van der Waals surface area contributed by atoms with Crippen LogP contribution in [0.2, 0.25) is 0 Å². The first-order chi connectivity index (χ1) is 16.2. The zero-order valence-corrected chi connectivity index (χ0v) is 19.8. The zero-order chi connectivity index (χ0) is 24.9. The van der Waals surface area contributed by atoms with E-state index in [0.29, 0.717) is 18.6 Å². The molecule has 0 saturated carbocycles. The van der Waals surface area contributed by atoms with Gasteiger partial charge in [0, 0.05) is 19.3 Å². The number of carbonyl (C=O) groups excluding carboxylic acids is 1. The van der Waals surface area contributed by atoms with Gasteiger partial charge in [0.05, 0.1) is 17.9 Å². The third-order valence-corrected chi connectivity index (χ3v) is 7.48. The largest absolute Gasteiger partial charge is 0.772 e. The average Bonchev–Trinajstić information content (AvgIpc) is 3.30. The Morgan fingerprint density at radius 1 is 1.18 bits per heavy atom. The summed E-state index contributed by atoms with van der Waals surface area (Å²) in [4.78, 5) is 17.5. The monoisotopic (exact) mass is 489 g/mol. The Morgan fingerprint density at radius 3 is 2.24 bits per heavy atom. The molecule has 2 aromatic carbocycles. The van der Waals surface area contributed by atoms with Crippen LogP contribution in [0.5, 0.6) is 0 Å². The number of carbonyl (C=O) groups is 1. The van der Waals surface area contributed by atoms with E-state index in [1.807, 2.05) is 48.5 Å². The average molecular weight is 490 g/mol. The lowest BCUT2D eigenvalue weighted by Gasteiger charge is -2.33. The maximum Gasteiger partial charge on any atom is 0.261 e. The molecular weight excluding hydrogens is 460 g/mol. The van der Waals surface area contributed by atoms with Crippen molar-refractivity contribution >= 4 is 22.7 Å². The summed E-state index contributed by atoms with van der Waals surface area (Å²) in [7, 11) is 0. The molecule has 10 heteroatoms. The van der Waals surface area contributed by atoms with Crippen LogP contribution in [-0.2, 0) is 27.1 Å². The fourth-order valence-corrected chi connectivity index (χ4v) is 4.69. The van der Waals surface area contributed by atoms with Gasteiger partial charge in [-0.1, -0.05) is 60.6 Å². The smallest absolute Gasteiger partial charge is 0.261 e. The summed E-state index contributed by atoms with van der Waals surface area (Å²) >= 11 is -2.76. The third-order valence-electron chi connectivity index (χ3n) is 6.20. The van der Waals surface area contributed by atoms with E-state index in [0.717, 1.165) is 22.3 Å². The summed E-state index contributed by atoms with van der Waals surface area (Å²) < 4.78 is 21.8. The number of rotatable bonds is 10. The van der Waals surface area contributed by atoms with Crippen molar-refractivity contribution in [3.63, 3.8) is 0 Å². The number of nitrogens with zero attached hydrogens (tertiary/aromatic N) is 1. The van der Waals surface area contributed by atoms with Crippen LogP contribution in [0.4, 0.5) is 0 Å². The van der Waals surface area contributed by atoms with Gasteiger partial charge in [-0.2, -0.15) is 0 Å². The van der Waals surface area contributed by atoms with E-state index in [1.165, 1.54) is 5.48 Å². The summed E-state index contributed by atoms with van der Waals surface area (Å²) in [5.74, 6) is -0.990. The molecule has 0 radical (unpaired) electrons. The van der Waals surface area contributed by atoms with Gasteiger partial charge in [0.1, 0.15) is 10.9 Å². The third kappa shape index (κ3) is 5.70. The Balaban J connectivity index is 1.66. The summed E-state index contributed by atoms with van der Waals surface area (Å²) in [6.07, 6.45) is -1.66. The number of hydrogen-bond acceptors (Lipinski definition) is 8. The van der Waals surface area contributed by atoms with E-state index in [9.17, 15) is 23.8 Å². The number of nitrogens with one attached hydrogen (secondary N) is 1. The lowest BCUT2D eigenvalue weighted by molar-refractivity contribution is -0.133. The van der Waals surface area contributed by atoms with Crippen molar-refractivity contribution in [1.82, 2.24) is 5.48 Å². The van der Waals surface area contributed by atoms with Crippen molar-refractivity contribution < 1.29 is 33.8 Å². The van der Waals surface area contributed by atoms with Crippen molar-refractivity contribution in [2.45, 2.75) is 62.6 Å². The highest BCUT2D eigenvalue weighted by atomic mass is 32.2. The van der Waals surface area contributed by atoms with Crippen LogP contribution < -0.4 is 5.48 Å². The van der Waals surface area contributed by atoms with Crippen LogP contribution >= 0.6 is 0 Å². The molecule has 9 nitrogen and oxygen atoms in total. The topological polar surface area (TPSA) is 152 Å². The number of benzene rings is 2. The van der Waals surface area contributed by atoms with Crippen molar-refractivity contribution in [2.24, 2.45) is 5.16 Å². The maximum absolute atomic E-state index is 12.1. The molecule has 0 aliphatic carbocycles. The second kappa shape index (κ2) is 11.2. The first kappa shape index (κ1) is 26.0. The van der Waals surface area contributed by atoms with Crippen molar-refractivity contribution in [3.05, 3.63) is 59.7 Å². The molecule has 34 heavy (non-hydrogen) atoms. The number of aliphatic hydroxyl groups is 2. The number of aliphatic hydroxyl groups excluding tert-OH is 2.